The Morgan fingerprint density at radius 2 is 2.26 bits per heavy atom. The predicted molar refractivity (Wildman–Crippen MR) is 101 cm³/mol. The largest absolute Gasteiger partial charge is 0.346 e. The zero-order valence-electron chi connectivity index (χ0n) is 15.0. The smallest absolute Gasteiger partial charge is 0.228 e. The van der Waals surface area contributed by atoms with E-state index in [0.717, 1.165) is 35.8 Å². The zero-order valence-corrected chi connectivity index (χ0v) is 15.0. The Hall–Kier alpha value is -3.14. The number of aromatic nitrogens is 2. The molecule has 138 valence electrons. The molecule has 0 atom stereocenters. The summed E-state index contributed by atoms with van der Waals surface area (Å²) in [7, 11) is 0. The Labute approximate surface area is 157 Å². The van der Waals surface area contributed by atoms with Crippen molar-refractivity contribution in [1.82, 2.24) is 14.9 Å². The first-order valence-electron chi connectivity index (χ1n) is 9.29. The number of hydrogen-bond donors (Lipinski definition) is 2. The highest BCUT2D eigenvalue weighted by atomic mass is 16.2. The molecule has 1 fully saturated rings. The van der Waals surface area contributed by atoms with Crippen LogP contribution < -0.4 is 5.32 Å². The first kappa shape index (κ1) is 17.3. The molecule has 0 spiro atoms. The van der Waals surface area contributed by atoms with Crippen LogP contribution in [0.1, 0.15) is 37.7 Å². The third kappa shape index (κ3) is 3.70. The molecular formula is C20H21N5O2. The van der Waals surface area contributed by atoms with Crippen molar-refractivity contribution in [2.24, 2.45) is 5.92 Å². The molecule has 0 radical (unpaired) electrons. The topological polar surface area (TPSA) is 102 Å². The van der Waals surface area contributed by atoms with Crippen molar-refractivity contribution in [1.29, 1.82) is 5.26 Å². The van der Waals surface area contributed by atoms with Crippen molar-refractivity contribution in [2.75, 3.05) is 18.4 Å². The van der Waals surface area contributed by atoms with E-state index in [1.807, 2.05) is 24.4 Å². The summed E-state index contributed by atoms with van der Waals surface area (Å²) in [4.78, 5) is 33.9. The number of nitriles is 1. The first-order valence-corrected chi connectivity index (χ1v) is 9.29. The van der Waals surface area contributed by atoms with Crippen LogP contribution in [-0.4, -0.2) is 39.8 Å². The van der Waals surface area contributed by atoms with Crippen LogP contribution in [0.4, 0.5) is 5.82 Å². The molecule has 2 aromatic rings. The summed E-state index contributed by atoms with van der Waals surface area (Å²) in [6.45, 7) is 1.17. The van der Waals surface area contributed by atoms with E-state index in [1.54, 1.807) is 4.90 Å². The molecule has 2 aromatic heterocycles. The van der Waals surface area contributed by atoms with Gasteiger partial charge in [-0.05, 0) is 42.5 Å². The quantitative estimate of drug-likeness (QED) is 0.853. The number of hydrogen-bond acceptors (Lipinski definition) is 4. The monoisotopic (exact) mass is 363 g/mol. The number of anilines is 1. The van der Waals surface area contributed by atoms with Crippen LogP contribution in [0.3, 0.4) is 0 Å². The molecule has 2 amide bonds. The fourth-order valence-electron chi connectivity index (χ4n) is 3.41. The lowest BCUT2D eigenvalue weighted by Gasteiger charge is -2.28. The van der Waals surface area contributed by atoms with E-state index in [4.69, 9.17) is 5.26 Å². The number of H-pyrrole nitrogens is 1. The molecule has 2 N–H and O–H groups in total. The fraction of sp³-hybridized carbons (Fsp3) is 0.400. The van der Waals surface area contributed by atoms with E-state index < -0.39 is 0 Å². The van der Waals surface area contributed by atoms with Gasteiger partial charge >= 0.3 is 0 Å². The Morgan fingerprint density at radius 1 is 1.41 bits per heavy atom. The number of aromatic amines is 1. The molecule has 4 rings (SSSR count). The van der Waals surface area contributed by atoms with E-state index in [-0.39, 0.29) is 30.6 Å². The van der Waals surface area contributed by atoms with Gasteiger partial charge in [0.2, 0.25) is 11.8 Å². The van der Waals surface area contributed by atoms with E-state index >= 15 is 0 Å². The van der Waals surface area contributed by atoms with Gasteiger partial charge in [-0.3, -0.25) is 9.59 Å². The van der Waals surface area contributed by atoms with Crippen LogP contribution in [0.2, 0.25) is 0 Å². The molecule has 1 saturated carbocycles. The number of amides is 2. The number of fused-ring (bicyclic) bond motifs is 1. The molecule has 2 aliphatic rings. The molecule has 0 saturated heterocycles. The maximum absolute atomic E-state index is 12.3. The molecule has 1 aliphatic carbocycles. The molecule has 0 bridgehead atoms. The Kier molecular flexibility index (Phi) is 4.63. The van der Waals surface area contributed by atoms with Gasteiger partial charge in [0.05, 0.1) is 6.07 Å². The van der Waals surface area contributed by atoms with Crippen LogP contribution in [0.15, 0.2) is 24.4 Å². The average molecular weight is 363 g/mol. The predicted octanol–water partition coefficient (Wildman–Crippen LogP) is 2.83. The van der Waals surface area contributed by atoms with Crippen molar-refractivity contribution in [3.8, 4) is 6.07 Å². The van der Waals surface area contributed by atoms with Crippen LogP contribution in [0.5, 0.6) is 0 Å². The molecule has 0 aromatic carbocycles. The summed E-state index contributed by atoms with van der Waals surface area (Å²) in [5.74, 6) is 0.663. The van der Waals surface area contributed by atoms with E-state index in [1.165, 1.54) is 0 Å². The highest BCUT2D eigenvalue weighted by Crippen LogP contribution is 2.32. The summed E-state index contributed by atoms with van der Waals surface area (Å²) in [6.07, 6.45) is 7.11. The lowest BCUT2D eigenvalue weighted by Crippen LogP contribution is -2.35. The van der Waals surface area contributed by atoms with Gasteiger partial charge < -0.3 is 15.2 Å². The van der Waals surface area contributed by atoms with Gasteiger partial charge in [0.1, 0.15) is 11.5 Å². The standard InChI is InChI=1S/C20H21N5O2/c21-8-1-4-18(26)25-10-2-3-14(12-25)16-11-17(24-20(27)13-5-6-13)23-19-15(16)7-9-22-19/h3,7,9,11,13H,1-2,4-6,10,12H2,(H2,22,23,24,27). The van der Waals surface area contributed by atoms with Crippen LogP contribution in [0.25, 0.3) is 16.6 Å². The van der Waals surface area contributed by atoms with Gasteiger partial charge in [0, 0.05) is 43.4 Å². The van der Waals surface area contributed by atoms with Crippen molar-refractivity contribution < 1.29 is 9.59 Å². The summed E-state index contributed by atoms with van der Waals surface area (Å²) in [6, 6.07) is 5.88. The molecule has 3 heterocycles. The maximum Gasteiger partial charge on any atom is 0.228 e. The third-order valence-electron chi connectivity index (χ3n) is 5.03. The molecule has 7 heteroatoms. The van der Waals surface area contributed by atoms with Gasteiger partial charge in [0.25, 0.3) is 0 Å². The second-order valence-electron chi connectivity index (χ2n) is 7.05. The summed E-state index contributed by atoms with van der Waals surface area (Å²) in [5.41, 5.74) is 2.73. The van der Waals surface area contributed by atoms with Gasteiger partial charge in [-0.2, -0.15) is 5.26 Å². The molecule has 27 heavy (non-hydrogen) atoms. The number of carbonyl (C=O) groups excluding carboxylic acids is 2. The number of nitrogens with one attached hydrogen (secondary N) is 2. The minimum atomic E-state index is 0.00350. The van der Waals surface area contributed by atoms with Crippen LogP contribution in [-0.2, 0) is 9.59 Å². The lowest BCUT2D eigenvalue weighted by atomic mass is 9.99. The Morgan fingerprint density at radius 3 is 3.04 bits per heavy atom. The average Bonchev–Trinajstić information content (AvgIpc) is 3.44. The second kappa shape index (κ2) is 7.23. The highest BCUT2D eigenvalue weighted by molar-refractivity contribution is 5.97. The second-order valence-corrected chi connectivity index (χ2v) is 7.05. The van der Waals surface area contributed by atoms with Gasteiger partial charge in [0.15, 0.2) is 0 Å². The van der Waals surface area contributed by atoms with Crippen molar-refractivity contribution in [3.63, 3.8) is 0 Å². The van der Waals surface area contributed by atoms with E-state index in [2.05, 4.69) is 21.4 Å². The van der Waals surface area contributed by atoms with Crippen molar-refractivity contribution in [2.45, 2.75) is 32.1 Å². The van der Waals surface area contributed by atoms with Gasteiger partial charge in [-0.25, -0.2) is 4.98 Å². The maximum atomic E-state index is 12.3. The summed E-state index contributed by atoms with van der Waals surface area (Å²) < 4.78 is 0. The SMILES string of the molecule is N#CCCC(=O)N1CCC=C(c2cc(NC(=O)C3CC3)nc3[nH]ccc23)C1. The Bertz CT molecular complexity index is 964. The molecule has 0 unspecified atom stereocenters. The molecule has 7 nitrogen and oxygen atoms in total. The number of pyridine rings is 1. The minimum Gasteiger partial charge on any atom is -0.346 e. The zero-order chi connectivity index (χ0) is 18.8. The van der Waals surface area contributed by atoms with Gasteiger partial charge in [-0.1, -0.05) is 6.08 Å². The van der Waals surface area contributed by atoms with Crippen LogP contribution in [0, 0.1) is 17.2 Å². The summed E-state index contributed by atoms with van der Waals surface area (Å²) in [5, 5.41) is 12.6. The third-order valence-corrected chi connectivity index (χ3v) is 5.03. The number of nitrogens with zero attached hydrogens (tertiary/aromatic N) is 3. The van der Waals surface area contributed by atoms with E-state index in [9.17, 15) is 9.59 Å². The summed E-state index contributed by atoms with van der Waals surface area (Å²) >= 11 is 0. The number of carbonyl (C=O) groups is 2. The normalized spacial score (nSPS) is 16.7. The fourth-order valence-corrected chi connectivity index (χ4v) is 3.41. The van der Waals surface area contributed by atoms with Crippen LogP contribution >= 0.6 is 0 Å². The van der Waals surface area contributed by atoms with Crippen molar-refractivity contribution >= 4 is 34.2 Å². The van der Waals surface area contributed by atoms with Gasteiger partial charge in [-0.15, -0.1) is 0 Å². The molecular weight excluding hydrogens is 342 g/mol. The van der Waals surface area contributed by atoms with E-state index in [0.29, 0.717) is 24.6 Å². The number of rotatable bonds is 5. The van der Waals surface area contributed by atoms with Crippen molar-refractivity contribution in [3.05, 3.63) is 30.0 Å². The highest BCUT2D eigenvalue weighted by Gasteiger charge is 2.30. The lowest BCUT2D eigenvalue weighted by molar-refractivity contribution is -0.130. The Balaban J connectivity index is 1.61. The first-order chi connectivity index (χ1) is 13.2. The minimum absolute atomic E-state index is 0.00350. The molecule has 1 aliphatic heterocycles.